The van der Waals surface area contributed by atoms with Crippen molar-refractivity contribution in [1.29, 1.82) is 0 Å². The zero-order valence-corrected chi connectivity index (χ0v) is 16.0. The number of urea groups is 1. The molecule has 1 aromatic heterocycles. The molecule has 0 spiro atoms. The Morgan fingerprint density at radius 2 is 1.70 bits per heavy atom. The van der Waals surface area contributed by atoms with Crippen molar-refractivity contribution in [3.8, 4) is 0 Å². The molecular weight excluding hydrogens is 366 g/mol. The number of rotatable bonds is 4. The van der Waals surface area contributed by atoms with Crippen LogP contribution in [0.4, 0.5) is 15.5 Å². The number of anilines is 2. The van der Waals surface area contributed by atoms with Crippen LogP contribution in [0.2, 0.25) is 0 Å². The monoisotopic (exact) mass is 387 g/mol. The number of ether oxygens (including phenoxy) is 1. The summed E-state index contributed by atoms with van der Waals surface area (Å²) in [5.74, 6) is -0.423. The van der Waals surface area contributed by atoms with E-state index in [0.717, 1.165) is 5.69 Å². The highest BCUT2D eigenvalue weighted by Crippen LogP contribution is 2.25. The van der Waals surface area contributed by atoms with E-state index < -0.39 is 5.97 Å². The number of hydrogen-bond donors (Lipinski definition) is 1. The Labute approximate surface area is 161 Å². The molecule has 1 aliphatic rings. The second-order valence-electron chi connectivity index (χ2n) is 6.16. The fourth-order valence-corrected chi connectivity index (χ4v) is 3.69. The first-order chi connectivity index (χ1) is 13.0. The number of piperazine rings is 1. The highest BCUT2D eigenvalue weighted by molar-refractivity contribution is 7.14. The molecule has 1 saturated heterocycles. The molecule has 7 nitrogen and oxygen atoms in total. The Morgan fingerprint density at radius 3 is 2.30 bits per heavy atom. The average molecular weight is 387 g/mol. The fourth-order valence-electron chi connectivity index (χ4n) is 2.93. The smallest absolute Gasteiger partial charge is 0.340 e. The zero-order chi connectivity index (χ0) is 19.4. The lowest BCUT2D eigenvalue weighted by atomic mass is 10.1. The quantitative estimate of drug-likeness (QED) is 0.644. The molecule has 27 heavy (non-hydrogen) atoms. The van der Waals surface area contributed by atoms with Crippen LogP contribution in [0.3, 0.4) is 0 Å². The molecule has 1 fully saturated rings. The van der Waals surface area contributed by atoms with Crippen molar-refractivity contribution in [2.75, 3.05) is 43.5 Å². The van der Waals surface area contributed by atoms with Gasteiger partial charge in [-0.2, -0.15) is 0 Å². The Bertz CT molecular complexity index is 839. The molecule has 0 atom stereocenters. The summed E-state index contributed by atoms with van der Waals surface area (Å²) in [6, 6.07) is 8.91. The van der Waals surface area contributed by atoms with Crippen LogP contribution < -0.4 is 10.2 Å². The van der Waals surface area contributed by atoms with E-state index in [9.17, 15) is 14.4 Å². The number of esters is 1. The maximum Gasteiger partial charge on any atom is 0.340 e. The summed E-state index contributed by atoms with van der Waals surface area (Å²) < 4.78 is 4.72. The lowest BCUT2D eigenvalue weighted by Crippen LogP contribution is -2.50. The molecule has 3 rings (SSSR count). The second kappa shape index (κ2) is 8.22. The van der Waals surface area contributed by atoms with E-state index >= 15 is 0 Å². The number of carbonyl (C=O) groups is 3. The van der Waals surface area contributed by atoms with Gasteiger partial charge in [0, 0.05) is 37.4 Å². The van der Waals surface area contributed by atoms with Gasteiger partial charge in [-0.25, -0.2) is 9.59 Å². The minimum Gasteiger partial charge on any atom is -0.465 e. The van der Waals surface area contributed by atoms with Crippen molar-refractivity contribution in [2.24, 2.45) is 0 Å². The SMILES string of the molecule is COC(=O)c1ccsc1NC(=O)N1CCN(c2ccc(C(C)=O)cc2)CC1. The van der Waals surface area contributed by atoms with E-state index in [-0.39, 0.29) is 11.8 Å². The Hall–Kier alpha value is -2.87. The zero-order valence-electron chi connectivity index (χ0n) is 15.2. The van der Waals surface area contributed by atoms with Gasteiger partial charge in [0.1, 0.15) is 5.00 Å². The van der Waals surface area contributed by atoms with Gasteiger partial charge in [0.15, 0.2) is 5.78 Å². The largest absolute Gasteiger partial charge is 0.465 e. The van der Waals surface area contributed by atoms with Crippen LogP contribution in [-0.2, 0) is 4.74 Å². The van der Waals surface area contributed by atoms with E-state index in [1.165, 1.54) is 18.4 Å². The lowest BCUT2D eigenvalue weighted by molar-refractivity contribution is 0.0602. The number of Topliss-reactive ketones (excluding diaryl/α,β-unsaturated/α-hetero) is 1. The van der Waals surface area contributed by atoms with Crippen LogP contribution >= 0.6 is 11.3 Å². The van der Waals surface area contributed by atoms with Gasteiger partial charge in [0.05, 0.1) is 12.7 Å². The fraction of sp³-hybridized carbons (Fsp3) is 0.316. The van der Waals surface area contributed by atoms with Crippen LogP contribution in [0.25, 0.3) is 0 Å². The Kier molecular flexibility index (Phi) is 5.75. The number of methoxy groups -OCH3 is 1. The van der Waals surface area contributed by atoms with Gasteiger partial charge < -0.3 is 14.5 Å². The number of hydrogen-bond acceptors (Lipinski definition) is 6. The van der Waals surface area contributed by atoms with Crippen LogP contribution in [0.5, 0.6) is 0 Å². The van der Waals surface area contributed by atoms with Gasteiger partial charge in [-0.05, 0) is 42.6 Å². The number of thiophene rings is 1. The van der Waals surface area contributed by atoms with Crippen molar-refractivity contribution in [3.63, 3.8) is 0 Å². The van der Waals surface area contributed by atoms with Gasteiger partial charge in [0.2, 0.25) is 0 Å². The molecule has 1 aliphatic heterocycles. The number of nitrogens with zero attached hydrogens (tertiary/aromatic N) is 2. The van der Waals surface area contributed by atoms with Gasteiger partial charge >= 0.3 is 12.0 Å². The predicted octanol–water partition coefficient (Wildman–Crippen LogP) is 3.09. The maximum atomic E-state index is 12.5. The molecule has 1 aromatic carbocycles. The van der Waals surface area contributed by atoms with Crippen molar-refractivity contribution in [3.05, 3.63) is 46.8 Å². The van der Waals surface area contributed by atoms with Gasteiger partial charge in [-0.15, -0.1) is 11.3 Å². The van der Waals surface area contributed by atoms with Crippen molar-refractivity contribution in [1.82, 2.24) is 4.90 Å². The number of carbonyl (C=O) groups excluding carboxylic acids is 3. The summed E-state index contributed by atoms with van der Waals surface area (Å²) in [6.07, 6.45) is 0. The second-order valence-corrected chi connectivity index (χ2v) is 7.08. The molecule has 0 saturated carbocycles. The minimum absolute atomic E-state index is 0.0444. The predicted molar refractivity (Wildman–Crippen MR) is 105 cm³/mol. The first kappa shape index (κ1) is 18.9. The molecular formula is C19H21N3O4S. The van der Waals surface area contributed by atoms with Crippen molar-refractivity contribution in [2.45, 2.75) is 6.92 Å². The van der Waals surface area contributed by atoms with Crippen LogP contribution in [0.1, 0.15) is 27.6 Å². The molecule has 2 heterocycles. The summed E-state index contributed by atoms with van der Waals surface area (Å²) in [5.41, 5.74) is 2.08. The van der Waals surface area contributed by atoms with Gasteiger partial charge in [0.25, 0.3) is 0 Å². The molecule has 2 aromatic rings. The number of amides is 2. The van der Waals surface area contributed by atoms with E-state index in [4.69, 9.17) is 4.74 Å². The molecule has 0 radical (unpaired) electrons. The highest BCUT2D eigenvalue weighted by Gasteiger charge is 2.23. The normalized spacial score (nSPS) is 14.0. The Balaban J connectivity index is 1.57. The lowest BCUT2D eigenvalue weighted by Gasteiger charge is -2.36. The van der Waals surface area contributed by atoms with Crippen molar-refractivity contribution >= 4 is 39.8 Å². The molecule has 0 aliphatic carbocycles. The molecule has 1 N–H and O–H groups in total. The number of ketones is 1. The molecule has 8 heteroatoms. The molecule has 0 bridgehead atoms. The van der Waals surface area contributed by atoms with Gasteiger partial charge in [-0.3, -0.25) is 10.1 Å². The topological polar surface area (TPSA) is 79.0 Å². The standard InChI is InChI=1S/C19H21N3O4S/c1-13(23)14-3-5-15(6-4-14)21-8-10-22(11-9-21)19(25)20-17-16(7-12-27-17)18(24)26-2/h3-7,12H,8-11H2,1-2H3,(H,20,25). The summed E-state index contributed by atoms with van der Waals surface area (Å²) in [5, 5.41) is 5.03. The highest BCUT2D eigenvalue weighted by atomic mass is 32.1. The summed E-state index contributed by atoms with van der Waals surface area (Å²) in [7, 11) is 1.31. The first-order valence-corrected chi connectivity index (χ1v) is 9.45. The van der Waals surface area contributed by atoms with E-state index in [1.807, 2.05) is 24.3 Å². The van der Waals surface area contributed by atoms with Crippen LogP contribution in [-0.4, -0.2) is 56.0 Å². The molecule has 0 unspecified atom stereocenters. The number of nitrogens with one attached hydrogen (secondary N) is 1. The third kappa shape index (κ3) is 4.28. The van der Waals surface area contributed by atoms with Crippen molar-refractivity contribution < 1.29 is 19.1 Å². The molecule has 2 amide bonds. The van der Waals surface area contributed by atoms with Crippen LogP contribution in [0.15, 0.2) is 35.7 Å². The third-order valence-electron chi connectivity index (χ3n) is 4.50. The van der Waals surface area contributed by atoms with Crippen LogP contribution in [0, 0.1) is 0 Å². The average Bonchev–Trinajstić information content (AvgIpc) is 3.15. The maximum absolute atomic E-state index is 12.5. The summed E-state index contributed by atoms with van der Waals surface area (Å²) in [6.45, 7) is 4.08. The van der Waals surface area contributed by atoms with E-state index in [1.54, 1.807) is 23.3 Å². The van der Waals surface area contributed by atoms with E-state index in [0.29, 0.717) is 42.3 Å². The Morgan fingerprint density at radius 1 is 1.04 bits per heavy atom. The van der Waals surface area contributed by atoms with Gasteiger partial charge in [-0.1, -0.05) is 0 Å². The minimum atomic E-state index is -0.467. The third-order valence-corrected chi connectivity index (χ3v) is 5.33. The van der Waals surface area contributed by atoms with E-state index in [2.05, 4.69) is 10.2 Å². The molecule has 142 valence electrons. The summed E-state index contributed by atoms with van der Waals surface area (Å²) >= 11 is 1.29. The summed E-state index contributed by atoms with van der Waals surface area (Å²) in [4.78, 5) is 39.5. The number of benzene rings is 1. The first-order valence-electron chi connectivity index (χ1n) is 8.57.